The van der Waals surface area contributed by atoms with Crippen LogP contribution in [-0.2, 0) is 19.1 Å². The van der Waals surface area contributed by atoms with Gasteiger partial charge < -0.3 is 19.7 Å². The van der Waals surface area contributed by atoms with Gasteiger partial charge >= 0.3 is 5.97 Å². The Kier molecular flexibility index (Phi) is 6.72. The molecule has 158 valence electrons. The lowest BCUT2D eigenvalue weighted by Gasteiger charge is -2.28. The molecule has 1 N–H and O–H groups in total. The molecule has 7 nitrogen and oxygen atoms in total. The number of carbonyl (C=O) groups excluding carboxylic acids is 3. The second-order valence-electron chi connectivity index (χ2n) is 7.45. The summed E-state index contributed by atoms with van der Waals surface area (Å²) >= 11 is 0. The van der Waals surface area contributed by atoms with E-state index in [2.05, 4.69) is 19.2 Å². The molecule has 2 aromatic rings. The first-order chi connectivity index (χ1) is 14.4. The molecule has 3 rings (SSSR count). The van der Waals surface area contributed by atoms with Crippen LogP contribution >= 0.6 is 0 Å². The number of fused-ring (bicyclic) bond motifs is 1. The van der Waals surface area contributed by atoms with E-state index in [0.29, 0.717) is 11.4 Å². The lowest BCUT2D eigenvalue weighted by Crippen LogP contribution is -2.40. The Bertz CT molecular complexity index is 954. The molecule has 0 atom stereocenters. The van der Waals surface area contributed by atoms with E-state index in [4.69, 9.17) is 9.47 Å². The van der Waals surface area contributed by atoms with Crippen LogP contribution in [-0.4, -0.2) is 37.5 Å². The van der Waals surface area contributed by atoms with Gasteiger partial charge in [-0.2, -0.15) is 0 Å². The van der Waals surface area contributed by atoms with E-state index >= 15 is 0 Å². The first-order valence-corrected chi connectivity index (χ1v) is 9.94. The van der Waals surface area contributed by atoms with E-state index in [1.807, 2.05) is 31.2 Å². The second kappa shape index (κ2) is 9.43. The number of benzene rings is 2. The van der Waals surface area contributed by atoms with Gasteiger partial charge in [-0.25, -0.2) is 0 Å². The summed E-state index contributed by atoms with van der Waals surface area (Å²) in [7, 11) is 0. The third kappa shape index (κ3) is 4.97. The van der Waals surface area contributed by atoms with Crippen molar-refractivity contribution in [3.63, 3.8) is 0 Å². The fraction of sp³-hybridized carbons (Fsp3) is 0.348. The van der Waals surface area contributed by atoms with Crippen LogP contribution in [0.3, 0.4) is 0 Å². The van der Waals surface area contributed by atoms with Crippen molar-refractivity contribution in [2.45, 2.75) is 33.1 Å². The zero-order valence-electron chi connectivity index (χ0n) is 17.4. The molecule has 0 aromatic heterocycles. The Balaban J connectivity index is 1.52. The zero-order valence-corrected chi connectivity index (χ0v) is 17.4. The van der Waals surface area contributed by atoms with Crippen LogP contribution in [0, 0.1) is 6.92 Å². The number of amides is 2. The fourth-order valence-electron chi connectivity index (χ4n) is 3.34. The van der Waals surface area contributed by atoms with Gasteiger partial charge in [-0.3, -0.25) is 14.4 Å². The van der Waals surface area contributed by atoms with Crippen molar-refractivity contribution in [2.24, 2.45) is 0 Å². The number of hydrogen-bond acceptors (Lipinski definition) is 5. The van der Waals surface area contributed by atoms with Crippen molar-refractivity contribution in [1.29, 1.82) is 0 Å². The number of carbonyl (C=O) groups is 3. The topological polar surface area (TPSA) is 84.9 Å². The number of nitrogens with zero attached hydrogens (tertiary/aromatic N) is 1. The third-order valence-electron chi connectivity index (χ3n) is 4.90. The van der Waals surface area contributed by atoms with E-state index < -0.39 is 11.9 Å². The molecular formula is C23H26N2O5. The first-order valence-electron chi connectivity index (χ1n) is 9.94. The maximum atomic E-state index is 12.3. The minimum Gasteiger partial charge on any atom is -0.482 e. The number of hydrogen-bond donors (Lipinski definition) is 1. The molecule has 0 unspecified atom stereocenters. The average molecular weight is 410 g/mol. The minimum atomic E-state index is -0.546. The molecule has 1 aliphatic heterocycles. The Hall–Kier alpha value is -3.35. The molecule has 0 bridgehead atoms. The van der Waals surface area contributed by atoms with Crippen molar-refractivity contribution in [1.82, 2.24) is 0 Å². The van der Waals surface area contributed by atoms with Crippen LogP contribution in [0.1, 0.15) is 37.3 Å². The van der Waals surface area contributed by atoms with Gasteiger partial charge in [0.15, 0.2) is 13.2 Å². The van der Waals surface area contributed by atoms with E-state index in [0.717, 1.165) is 16.8 Å². The number of nitrogens with one attached hydrogen (secondary N) is 1. The molecular weight excluding hydrogens is 384 g/mol. The molecule has 0 aliphatic carbocycles. The quantitative estimate of drug-likeness (QED) is 0.707. The summed E-state index contributed by atoms with van der Waals surface area (Å²) in [6.45, 7) is 5.74. The van der Waals surface area contributed by atoms with Gasteiger partial charge in [0.05, 0.1) is 12.1 Å². The van der Waals surface area contributed by atoms with E-state index in [9.17, 15) is 14.4 Å². The third-order valence-corrected chi connectivity index (χ3v) is 4.90. The molecule has 2 aromatic carbocycles. The van der Waals surface area contributed by atoms with Crippen LogP contribution in [0.15, 0.2) is 42.5 Å². The van der Waals surface area contributed by atoms with E-state index in [1.165, 1.54) is 4.90 Å². The standard InChI is InChI=1S/C23H26N2O5/c1-15(2)17-8-6-7-16(3)23(17)24-20(26)13-30-22(28)11-12-25-18-9-4-5-10-19(18)29-14-21(25)27/h4-10,15H,11-14H2,1-3H3,(H,24,26). The highest BCUT2D eigenvalue weighted by Gasteiger charge is 2.25. The highest BCUT2D eigenvalue weighted by molar-refractivity contribution is 5.98. The Morgan fingerprint density at radius 2 is 1.93 bits per heavy atom. The largest absolute Gasteiger partial charge is 0.482 e. The number of rotatable bonds is 7. The van der Waals surface area contributed by atoms with Crippen LogP contribution in [0.5, 0.6) is 5.75 Å². The molecule has 0 spiro atoms. The predicted octanol–water partition coefficient (Wildman–Crippen LogP) is 3.42. The molecule has 0 fully saturated rings. The molecule has 30 heavy (non-hydrogen) atoms. The zero-order chi connectivity index (χ0) is 21.7. The van der Waals surface area contributed by atoms with Gasteiger partial charge in [0.25, 0.3) is 11.8 Å². The van der Waals surface area contributed by atoms with Gasteiger partial charge in [-0.05, 0) is 36.1 Å². The van der Waals surface area contributed by atoms with Gasteiger partial charge in [0, 0.05) is 12.2 Å². The Morgan fingerprint density at radius 3 is 2.70 bits per heavy atom. The fourth-order valence-corrected chi connectivity index (χ4v) is 3.34. The van der Waals surface area contributed by atoms with E-state index in [1.54, 1.807) is 18.2 Å². The second-order valence-corrected chi connectivity index (χ2v) is 7.45. The number of esters is 1. The van der Waals surface area contributed by atoms with E-state index in [-0.39, 0.29) is 38.0 Å². The SMILES string of the molecule is Cc1cccc(C(C)C)c1NC(=O)COC(=O)CCN1C(=O)COc2ccccc21. The van der Waals surface area contributed by atoms with Crippen molar-refractivity contribution in [2.75, 3.05) is 30.0 Å². The molecule has 2 amide bonds. The summed E-state index contributed by atoms with van der Waals surface area (Å²) in [5.41, 5.74) is 3.36. The predicted molar refractivity (Wildman–Crippen MR) is 114 cm³/mol. The number of aryl methyl sites for hydroxylation is 1. The van der Waals surface area contributed by atoms with Crippen LogP contribution in [0.4, 0.5) is 11.4 Å². The smallest absolute Gasteiger partial charge is 0.308 e. The average Bonchev–Trinajstić information content (AvgIpc) is 2.72. The van der Waals surface area contributed by atoms with Crippen LogP contribution in [0.25, 0.3) is 0 Å². The van der Waals surface area contributed by atoms with Gasteiger partial charge in [0.2, 0.25) is 0 Å². The molecule has 1 aliphatic rings. The normalized spacial score (nSPS) is 12.9. The van der Waals surface area contributed by atoms with Crippen LogP contribution in [0.2, 0.25) is 0 Å². The van der Waals surface area contributed by atoms with Gasteiger partial charge in [-0.15, -0.1) is 0 Å². The molecule has 0 saturated carbocycles. The molecule has 1 heterocycles. The molecule has 0 radical (unpaired) electrons. The van der Waals surface area contributed by atoms with Gasteiger partial charge in [0.1, 0.15) is 5.75 Å². The summed E-state index contributed by atoms with van der Waals surface area (Å²) < 4.78 is 10.5. The highest BCUT2D eigenvalue weighted by atomic mass is 16.5. The van der Waals surface area contributed by atoms with Crippen molar-refractivity contribution >= 4 is 29.2 Å². The number of anilines is 2. The summed E-state index contributed by atoms with van der Waals surface area (Å²) in [5, 5.41) is 2.84. The number of ether oxygens (including phenoxy) is 2. The maximum absolute atomic E-state index is 12.3. The molecule has 7 heteroatoms. The van der Waals surface area contributed by atoms with Gasteiger partial charge in [-0.1, -0.05) is 44.2 Å². The van der Waals surface area contributed by atoms with Crippen molar-refractivity contribution < 1.29 is 23.9 Å². The monoisotopic (exact) mass is 410 g/mol. The first kappa shape index (κ1) is 21.4. The number of para-hydroxylation sites is 3. The lowest BCUT2D eigenvalue weighted by molar-refractivity contribution is -0.147. The minimum absolute atomic E-state index is 0.0189. The summed E-state index contributed by atoms with van der Waals surface area (Å²) in [4.78, 5) is 38.1. The highest BCUT2D eigenvalue weighted by Crippen LogP contribution is 2.31. The van der Waals surface area contributed by atoms with Crippen molar-refractivity contribution in [3.05, 3.63) is 53.6 Å². The lowest BCUT2D eigenvalue weighted by atomic mass is 9.98. The van der Waals surface area contributed by atoms with Crippen molar-refractivity contribution in [3.8, 4) is 5.75 Å². The summed E-state index contributed by atoms with van der Waals surface area (Å²) in [6.07, 6.45) is -0.0189. The van der Waals surface area contributed by atoms with Crippen LogP contribution < -0.4 is 15.0 Å². The Labute approximate surface area is 176 Å². The molecule has 0 saturated heterocycles. The summed E-state index contributed by atoms with van der Waals surface area (Å²) in [5.74, 6) is -0.316. The maximum Gasteiger partial charge on any atom is 0.308 e. The Morgan fingerprint density at radius 1 is 1.17 bits per heavy atom. The summed E-state index contributed by atoms with van der Waals surface area (Å²) in [6, 6.07) is 13.0.